The molecule has 0 radical (unpaired) electrons. The smallest absolute Gasteiger partial charge is 0.406 e. The highest BCUT2D eigenvalue weighted by molar-refractivity contribution is 5.95. The molecule has 1 aromatic carbocycles. The number of rotatable bonds is 7. The lowest BCUT2D eigenvalue weighted by Gasteiger charge is -2.20. The number of amides is 2. The number of primary amides is 1. The number of hydrogen-bond acceptors (Lipinski definition) is 8. The average Bonchev–Trinajstić information content (AvgIpc) is 3.28. The molecule has 0 aliphatic carbocycles. The van der Waals surface area contributed by atoms with Gasteiger partial charge in [-0.2, -0.15) is 15.0 Å². The van der Waals surface area contributed by atoms with Crippen LogP contribution in [-0.2, 0) is 5.41 Å². The number of nitrogens with two attached hydrogens (primary N) is 1. The molecule has 2 heterocycles. The normalized spacial score (nSPS) is 12.5. The van der Waals surface area contributed by atoms with E-state index in [-0.39, 0.29) is 28.5 Å². The first-order valence-corrected chi connectivity index (χ1v) is 9.96. The van der Waals surface area contributed by atoms with E-state index in [4.69, 9.17) is 5.73 Å². The molecule has 0 saturated carbocycles. The Morgan fingerprint density at radius 3 is 2.49 bits per heavy atom. The molecule has 2 amide bonds. The highest BCUT2D eigenvalue weighted by atomic mass is 19.4. The van der Waals surface area contributed by atoms with Crippen molar-refractivity contribution in [2.45, 2.75) is 38.6 Å². The molecule has 0 unspecified atom stereocenters. The first kappa shape index (κ1) is 25.1. The lowest BCUT2D eigenvalue weighted by molar-refractivity contribution is -0.274. The van der Waals surface area contributed by atoms with Crippen LogP contribution in [0.2, 0.25) is 0 Å². The van der Waals surface area contributed by atoms with Gasteiger partial charge in [0, 0.05) is 11.6 Å². The number of aromatic nitrogens is 5. The number of nitrogens with zero attached hydrogens (tertiary/aromatic N) is 6. The second-order valence-corrected chi connectivity index (χ2v) is 7.88. The summed E-state index contributed by atoms with van der Waals surface area (Å²) in [6.45, 7) is 4.55. The maximum Gasteiger partial charge on any atom is 0.573 e. The number of carbonyl (C=O) groups is 2. The number of ether oxygens (including phenoxy) is 1. The van der Waals surface area contributed by atoms with Gasteiger partial charge in [0.15, 0.2) is 11.6 Å². The number of alkyl halides is 3. The van der Waals surface area contributed by atoms with Crippen LogP contribution in [0.25, 0.3) is 5.82 Å². The monoisotopic (exact) mass is 488 g/mol. The van der Waals surface area contributed by atoms with Gasteiger partial charge in [-0.15, -0.1) is 13.2 Å². The summed E-state index contributed by atoms with van der Waals surface area (Å²) in [7, 11) is 0. The van der Waals surface area contributed by atoms with Crippen LogP contribution in [0.3, 0.4) is 0 Å². The summed E-state index contributed by atoms with van der Waals surface area (Å²) in [6, 6.07) is 5.73. The van der Waals surface area contributed by atoms with Crippen molar-refractivity contribution < 1.29 is 27.5 Å². The fraction of sp³-hybridized carbons (Fsp3) is 0.286. The summed E-state index contributed by atoms with van der Waals surface area (Å²) in [6.07, 6.45) is -2.70. The molecule has 14 heteroatoms. The van der Waals surface area contributed by atoms with E-state index in [1.807, 2.05) is 6.07 Å². The lowest BCUT2D eigenvalue weighted by Crippen LogP contribution is -2.29. The third-order valence-electron chi connectivity index (χ3n) is 4.83. The van der Waals surface area contributed by atoms with Gasteiger partial charge in [-0.05, 0) is 44.5 Å². The number of hydrogen-bond donors (Lipinski definition) is 2. The molecule has 0 fully saturated rings. The predicted molar refractivity (Wildman–Crippen MR) is 113 cm³/mol. The second-order valence-electron chi connectivity index (χ2n) is 7.88. The zero-order chi connectivity index (χ0) is 26.0. The molecular weight excluding hydrogens is 469 g/mol. The number of nitrogens with one attached hydrogen (secondary N) is 1. The van der Waals surface area contributed by atoms with E-state index in [0.29, 0.717) is 0 Å². The summed E-state index contributed by atoms with van der Waals surface area (Å²) >= 11 is 0. The van der Waals surface area contributed by atoms with Crippen LogP contribution in [0.5, 0.6) is 5.75 Å². The van der Waals surface area contributed by atoms with E-state index < -0.39 is 35.4 Å². The average molecular weight is 488 g/mol. The first-order chi connectivity index (χ1) is 16.3. The number of halogens is 3. The van der Waals surface area contributed by atoms with Crippen molar-refractivity contribution in [2.24, 2.45) is 5.73 Å². The van der Waals surface area contributed by atoms with Crippen LogP contribution in [0.1, 0.15) is 59.0 Å². The zero-order valence-electron chi connectivity index (χ0n) is 18.7. The molecular formula is C21H19F3N8O3. The SMILES string of the molecule is C[C@H](NC(=O)c1cc(OC(F)(F)F)cc(C(C)(C)C#N)c1)c1ncnn1-c1cc(C(N)=O)ncn1. The maximum atomic E-state index is 13.0. The van der Waals surface area contributed by atoms with Crippen LogP contribution in [0, 0.1) is 11.3 Å². The van der Waals surface area contributed by atoms with Crippen molar-refractivity contribution in [2.75, 3.05) is 0 Å². The van der Waals surface area contributed by atoms with Gasteiger partial charge in [-0.25, -0.2) is 15.0 Å². The maximum absolute atomic E-state index is 13.0. The Morgan fingerprint density at radius 1 is 1.14 bits per heavy atom. The summed E-state index contributed by atoms with van der Waals surface area (Å²) in [4.78, 5) is 36.2. The summed E-state index contributed by atoms with van der Waals surface area (Å²) in [5.74, 6) is -1.82. The lowest BCUT2D eigenvalue weighted by atomic mass is 9.85. The Labute approximate surface area is 196 Å². The van der Waals surface area contributed by atoms with E-state index in [1.165, 1.54) is 37.0 Å². The van der Waals surface area contributed by atoms with Gasteiger partial charge in [0.2, 0.25) is 0 Å². The topological polar surface area (TPSA) is 162 Å². The molecule has 0 spiro atoms. The van der Waals surface area contributed by atoms with E-state index in [2.05, 4.69) is 30.1 Å². The van der Waals surface area contributed by atoms with Gasteiger partial charge in [-0.1, -0.05) is 0 Å². The molecule has 35 heavy (non-hydrogen) atoms. The van der Waals surface area contributed by atoms with Gasteiger partial charge in [0.25, 0.3) is 11.8 Å². The summed E-state index contributed by atoms with van der Waals surface area (Å²) < 4.78 is 43.7. The molecule has 3 N–H and O–H groups in total. The molecule has 0 aliphatic rings. The van der Waals surface area contributed by atoms with Crippen molar-refractivity contribution in [1.82, 2.24) is 30.0 Å². The Kier molecular flexibility index (Phi) is 6.72. The fourth-order valence-corrected chi connectivity index (χ4v) is 3.01. The quantitative estimate of drug-likeness (QED) is 0.512. The van der Waals surface area contributed by atoms with Crippen LogP contribution in [0.15, 0.2) is 36.9 Å². The molecule has 0 aliphatic heterocycles. The van der Waals surface area contributed by atoms with E-state index in [0.717, 1.165) is 18.5 Å². The summed E-state index contributed by atoms with van der Waals surface area (Å²) in [5, 5.41) is 16.0. The van der Waals surface area contributed by atoms with Crippen LogP contribution in [-0.4, -0.2) is 42.9 Å². The molecule has 3 aromatic rings. The molecule has 182 valence electrons. The Bertz CT molecular complexity index is 1310. The molecule has 2 aromatic heterocycles. The van der Waals surface area contributed by atoms with Crippen molar-refractivity contribution >= 4 is 11.8 Å². The van der Waals surface area contributed by atoms with Crippen molar-refractivity contribution in [3.63, 3.8) is 0 Å². The number of nitriles is 1. The molecule has 0 bridgehead atoms. The minimum absolute atomic E-state index is 0.0674. The van der Waals surface area contributed by atoms with Gasteiger partial charge < -0.3 is 15.8 Å². The second kappa shape index (κ2) is 9.37. The van der Waals surface area contributed by atoms with Crippen LogP contribution < -0.4 is 15.8 Å². The van der Waals surface area contributed by atoms with E-state index >= 15 is 0 Å². The third kappa shape index (κ3) is 5.88. The summed E-state index contributed by atoms with van der Waals surface area (Å²) in [5.41, 5.74) is 3.96. The Hall–Kier alpha value is -4.54. The largest absolute Gasteiger partial charge is 0.573 e. The minimum atomic E-state index is -4.99. The fourth-order valence-electron chi connectivity index (χ4n) is 3.01. The van der Waals surface area contributed by atoms with Gasteiger partial charge in [0.1, 0.15) is 24.1 Å². The third-order valence-corrected chi connectivity index (χ3v) is 4.83. The molecule has 3 rings (SSSR count). The molecule has 11 nitrogen and oxygen atoms in total. The Balaban J connectivity index is 1.92. The first-order valence-electron chi connectivity index (χ1n) is 9.96. The van der Waals surface area contributed by atoms with Gasteiger partial charge >= 0.3 is 6.36 Å². The highest BCUT2D eigenvalue weighted by Gasteiger charge is 2.33. The highest BCUT2D eigenvalue weighted by Crippen LogP contribution is 2.31. The van der Waals surface area contributed by atoms with E-state index in [1.54, 1.807) is 6.92 Å². The Morgan fingerprint density at radius 2 is 1.86 bits per heavy atom. The van der Waals surface area contributed by atoms with Gasteiger partial charge in [0.05, 0.1) is 17.5 Å². The zero-order valence-corrected chi connectivity index (χ0v) is 18.7. The van der Waals surface area contributed by atoms with E-state index in [9.17, 15) is 28.0 Å². The van der Waals surface area contributed by atoms with Crippen LogP contribution in [0.4, 0.5) is 13.2 Å². The minimum Gasteiger partial charge on any atom is -0.406 e. The van der Waals surface area contributed by atoms with Crippen molar-refractivity contribution in [3.8, 4) is 17.6 Å². The molecule has 0 saturated heterocycles. The van der Waals surface area contributed by atoms with Gasteiger partial charge in [-0.3, -0.25) is 9.59 Å². The molecule has 1 atom stereocenters. The standard InChI is InChI=1S/C21H19F3N8O3/c1-11(18-29-10-30-32(18)16-7-15(17(26)33)27-9-28-16)31-19(34)12-4-13(20(2,3)8-25)6-14(5-12)35-21(22,23)24/h4-7,9-11H,1-3H3,(H2,26,33)(H,31,34)/t11-/m0/s1. The number of carbonyl (C=O) groups excluding carboxylic acids is 2. The predicted octanol–water partition coefficient (Wildman–Crippen LogP) is 2.35. The number of benzene rings is 1. The van der Waals surface area contributed by atoms with Crippen LogP contribution >= 0.6 is 0 Å². The van der Waals surface area contributed by atoms with Crippen molar-refractivity contribution in [1.29, 1.82) is 5.26 Å². The van der Waals surface area contributed by atoms with Crippen molar-refractivity contribution in [3.05, 3.63) is 59.6 Å².